The van der Waals surface area contributed by atoms with E-state index in [2.05, 4.69) is 9.89 Å². The number of hydrogen-bond donors (Lipinski definition) is 2. The van der Waals surface area contributed by atoms with E-state index in [1.165, 1.54) is 0 Å². The summed E-state index contributed by atoms with van der Waals surface area (Å²) in [4.78, 5) is 18.3. The number of hydrogen-bond acceptors (Lipinski definition) is 4. The lowest BCUT2D eigenvalue weighted by atomic mass is 9.71. The summed E-state index contributed by atoms with van der Waals surface area (Å²) < 4.78 is 29.8. The Bertz CT molecular complexity index is 1080. The molecule has 3 atom stereocenters. The molecule has 1 aromatic rings. The number of rotatable bonds is 4. The summed E-state index contributed by atoms with van der Waals surface area (Å²) in [6, 6.07) is 5.20. The van der Waals surface area contributed by atoms with Crippen LogP contribution >= 0.6 is 0 Å². The number of benzene rings is 1. The maximum atomic E-state index is 14.9. The molecular weight excluding hydrogens is 398 g/mol. The molecule has 3 unspecified atom stereocenters. The normalized spacial score (nSPS) is 29.4. The lowest BCUT2D eigenvalue weighted by Gasteiger charge is -2.41. The van der Waals surface area contributed by atoms with Gasteiger partial charge in [-0.1, -0.05) is 36.4 Å². The molecule has 2 heterocycles. The van der Waals surface area contributed by atoms with Gasteiger partial charge in [-0.2, -0.15) is 0 Å². The predicted molar refractivity (Wildman–Crippen MR) is 118 cm³/mol. The Labute approximate surface area is 180 Å². The molecule has 7 heteroatoms. The minimum atomic E-state index is -2.75. The van der Waals surface area contributed by atoms with Gasteiger partial charge >= 0.3 is 0 Å². The maximum absolute atomic E-state index is 14.9. The fourth-order valence-corrected chi connectivity index (χ4v) is 4.46. The summed E-state index contributed by atoms with van der Waals surface area (Å²) in [5.74, 6) is -3.38. The molecule has 1 aromatic carbocycles. The van der Waals surface area contributed by atoms with Crippen LogP contribution in [0.5, 0.6) is 0 Å². The third-order valence-corrected chi connectivity index (χ3v) is 6.62. The van der Waals surface area contributed by atoms with Gasteiger partial charge in [0.25, 0.3) is 11.8 Å². The van der Waals surface area contributed by atoms with Gasteiger partial charge in [0, 0.05) is 37.3 Å². The van der Waals surface area contributed by atoms with E-state index in [0.717, 1.165) is 12.1 Å². The number of halogens is 2. The quantitative estimate of drug-likeness (QED) is 0.574. The van der Waals surface area contributed by atoms with Crippen molar-refractivity contribution in [2.45, 2.75) is 37.6 Å². The molecule has 2 saturated heterocycles. The van der Waals surface area contributed by atoms with Crippen LogP contribution in [0.4, 0.5) is 14.5 Å². The first kappa shape index (κ1) is 21.2. The molecule has 31 heavy (non-hydrogen) atoms. The van der Waals surface area contributed by atoms with Crippen molar-refractivity contribution in [2.75, 3.05) is 13.1 Å². The van der Waals surface area contributed by atoms with Crippen LogP contribution in [0.15, 0.2) is 70.4 Å². The lowest BCUT2D eigenvalue weighted by molar-refractivity contribution is -0.114. The number of amides is 1. The van der Waals surface area contributed by atoms with Gasteiger partial charge in [-0.15, -0.1) is 0 Å². The third-order valence-electron chi connectivity index (χ3n) is 6.62. The molecule has 1 aliphatic carbocycles. The number of piperidine rings is 1. The Morgan fingerprint density at radius 3 is 2.77 bits per heavy atom. The lowest BCUT2D eigenvalue weighted by Crippen LogP contribution is -2.52. The molecule has 4 rings (SSSR count). The molecule has 0 radical (unpaired) electrons. The van der Waals surface area contributed by atoms with Gasteiger partial charge in [0.05, 0.1) is 22.4 Å². The Morgan fingerprint density at radius 2 is 2.06 bits per heavy atom. The third kappa shape index (κ3) is 3.63. The largest absolute Gasteiger partial charge is 0.398 e. The summed E-state index contributed by atoms with van der Waals surface area (Å²) in [5, 5.41) is 0. The van der Waals surface area contributed by atoms with Crippen LogP contribution in [0.25, 0.3) is 0 Å². The molecule has 4 N–H and O–H groups in total. The van der Waals surface area contributed by atoms with E-state index < -0.39 is 17.2 Å². The first-order valence-corrected chi connectivity index (χ1v) is 10.3. The van der Waals surface area contributed by atoms with Crippen molar-refractivity contribution in [3.8, 4) is 0 Å². The Hall–Kier alpha value is -3.06. The monoisotopic (exact) mass is 424 g/mol. The van der Waals surface area contributed by atoms with E-state index in [-0.39, 0.29) is 23.7 Å². The molecule has 0 saturated carbocycles. The number of nitrogens with two attached hydrogens (primary N) is 2. The van der Waals surface area contributed by atoms with Crippen LogP contribution < -0.4 is 11.5 Å². The smallest absolute Gasteiger partial charge is 0.260 e. The number of aryl methyl sites for hydroxylation is 1. The van der Waals surface area contributed by atoms with Gasteiger partial charge in [0.1, 0.15) is 0 Å². The SMILES string of the molecule is Cc1cc(C2(C)C3CN3CCC2(F)F)ccc1N=CC1=CC=CC=CC(C(N)=O)=C1N. The highest BCUT2D eigenvalue weighted by molar-refractivity contribution is 5.99. The standard InChI is InChI=1S/C24H26F2N4O/c1-15-12-17(23(2)20-14-30(20)11-10-24(23,25)26)8-9-19(15)29-13-16-6-4-3-5-7-18(21(16)27)22(28)31/h3-9,12-13,20H,10-11,14,27H2,1-2H3,(H2,28,31). The van der Waals surface area contributed by atoms with Crippen molar-refractivity contribution < 1.29 is 13.6 Å². The number of nitrogens with zero attached hydrogens (tertiary/aromatic N) is 2. The number of alkyl halides is 2. The van der Waals surface area contributed by atoms with Crippen LogP contribution in [0, 0.1) is 6.92 Å². The predicted octanol–water partition coefficient (Wildman–Crippen LogP) is 3.43. The summed E-state index contributed by atoms with van der Waals surface area (Å²) >= 11 is 0. The fraction of sp³-hybridized carbons (Fsp3) is 0.333. The summed E-state index contributed by atoms with van der Waals surface area (Å²) in [6.45, 7) is 4.70. The van der Waals surface area contributed by atoms with Gasteiger partial charge in [-0.3, -0.25) is 14.7 Å². The van der Waals surface area contributed by atoms with Crippen LogP contribution in [0.3, 0.4) is 0 Å². The molecule has 0 spiro atoms. The van der Waals surface area contributed by atoms with Crippen molar-refractivity contribution in [3.05, 3.63) is 76.5 Å². The van der Waals surface area contributed by atoms with Crippen LogP contribution in [0.2, 0.25) is 0 Å². The molecule has 3 aliphatic rings. The van der Waals surface area contributed by atoms with Crippen molar-refractivity contribution in [3.63, 3.8) is 0 Å². The van der Waals surface area contributed by atoms with Crippen molar-refractivity contribution >= 4 is 17.8 Å². The average Bonchev–Trinajstić information content (AvgIpc) is 3.49. The molecule has 0 aromatic heterocycles. The minimum Gasteiger partial charge on any atom is -0.398 e. The number of primary amides is 1. The number of aliphatic imine (C=N–C) groups is 1. The van der Waals surface area contributed by atoms with E-state index >= 15 is 0 Å². The summed E-state index contributed by atoms with van der Waals surface area (Å²) in [7, 11) is 0. The van der Waals surface area contributed by atoms with E-state index in [0.29, 0.717) is 23.4 Å². The second-order valence-corrected chi connectivity index (χ2v) is 8.48. The second-order valence-electron chi connectivity index (χ2n) is 8.48. The number of allylic oxidation sites excluding steroid dienone is 5. The zero-order chi connectivity index (χ0) is 22.4. The molecule has 0 bridgehead atoms. The number of carbonyl (C=O) groups is 1. The Morgan fingerprint density at radius 1 is 1.29 bits per heavy atom. The minimum absolute atomic E-state index is 0.122. The number of fused-ring (bicyclic) bond motifs is 1. The zero-order valence-corrected chi connectivity index (χ0v) is 17.6. The number of carbonyl (C=O) groups excluding carboxylic acids is 1. The molecular formula is C24H26F2N4O. The van der Waals surface area contributed by atoms with Gasteiger partial charge in [0.2, 0.25) is 0 Å². The topological polar surface area (TPSA) is 84.5 Å². The van der Waals surface area contributed by atoms with E-state index in [1.54, 1.807) is 55.7 Å². The van der Waals surface area contributed by atoms with E-state index in [9.17, 15) is 13.6 Å². The highest BCUT2D eigenvalue weighted by atomic mass is 19.3. The van der Waals surface area contributed by atoms with Crippen LogP contribution in [-0.4, -0.2) is 42.1 Å². The van der Waals surface area contributed by atoms with Crippen molar-refractivity contribution in [2.24, 2.45) is 16.5 Å². The second kappa shape index (κ2) is 7.57. The fourth-order valence-electron chi connectivity index (χ4n) is 4.46. The summed E-state index contributed by atoms with van der Waals surface area (Å²) in [6.07, 6.45) is 9.96. The molecule has 162 valence electrons. The van der Waals surface area contributed by atoms with Gasteiger partial charge < -0.3 is 11.5 Å². The highest BCUT2D eigenvalue weighted by Gasteiger charge is 2.65. The molecule has 2 fully saturated rings. The van der Waals surface area contributed by atoms with E-state index in [1.807, 2.05) is 13.0 Å². The van der Waals surface area contributed by atoms with Crippen molar-refractivity contribution in [1.29, 1.82) is 0 Å². The maximum Gasteiger partial charge on any atom is 0.260 e. The average molecular weight is 424 g/mol. The molecule has 5 nitrogen and oxygen atoms in total. The van der Waals surface area contributed by atoms with Crippen molar-refractivity contribution in [1.82, 2.24) is 4.90 Å². The first-order valence-electron chi connectivity index (χ1n) is 10.3. The Balaban J connectivity index is 1.64. The highest BCUT2D eigenvalue weighted by Crippen LogP contribution is 2.54. The van der Waals surface area contributed by atoms with E-state index in [4.69, 9.17) is 11.5 Å². The molecule has 2 aliphatic heterocycles. The van der Waals surface area contributed by atoms with Gasteiger partial charge in [0.15, 0.2) is 0 Å². The zero-order valence-electron chi connectivity index (χ0n) is 17.6. The molecule has 1 amide bonds. The van der Waals surface area contributed by atoms with Crippen LogP contribution in [0.1, 0.15) is 24.5 Å². The van der Waals surface area contributed by atoms with Gasteiger partial charge in [-0.05, 0) is 37.1 Å². The van der Waals surface area contributed by atoms with Crippen LogP contribution in [-0.2, 0) is 10.2 Å². The first-order chi connectivity index (χ1) is 14.6. The Kier molecular flexibility index (Phi) is 5.17. The van der Waals surface area contributed by atoms with Gasteiger partial charge in [-0.25, -0.2) is 8.78 Å². The summed E-state index contributed by atoms with van der Waals surface area (Å²) in [5.41, 5.74) is 13.4.